The Morgan fingerprint density at radius 3 is 2.31 bits per heavy atom. The molecule has 0 aromatic heterocycles. The van der Waals surface area contributed by atoms with Gasteiger partial charge in [0.25, 0.3) is 0 Å². The molecule has 144 valence electrons. The highest BCUT2D eigenvalue weighted by atomic mass is 79.9. The van der Waals surface area contributed by atoms with Gasteiger partial charge in [0, 0.05) is 5.33 Å². The summed E-state index contributed by atoms with van der Waals surface area (Å²) in [4.78, 5) is 0. The molecule has 2 aromatic carbocycles. The second-order valence-corrected chi connectivity index (χ2v) is 7.73. The standard InChI is InChI=1S/C23H33BrO2/c1-3-4-5-9-16-25-21-12-13-22-19(2)23(14-11-20(22)18-21)26-17-10-7-6-8-15-24/h11-14,18H,3-10,15-17H2,1-2H3. The van der Waals surface area contributed by atoms with Crippen molar-refractivity contribution in [2.24, 2.45) is 0 Å². The van der Waals surface area contributed by atoms with E-state index in [1.165, 1.54) is 54.9 Å². The van der Waals surface area contributed by atoms with Crippen molar-refractivity contribution in [1.82, 2.24) is 0 Å². The van der Waals surface area contributed by atoms with E-state index in [2.05, 4.69) is 60.1 Å². The Kier molecular flexibility index (Phi) is 9.91. The highest BCUT2D eigenvalue weighted by Crippen LogP contribution is 2.30. The number of aryl methyl sites for hydroxylation is 1. The van der Waals surface area contributed by atoms with Crippen LogP contribution in [0.5, 0.6) is 11.5 Å². The first-order valence-electron chi connectivity index (χ1n) is 10.1. The first kappa shape index (κ1) is 21.1. The normalized spacial score (nSPS) is 11.0. The maximum atomic E-state index is 6.01. The number of hydrogen-bond donors (Lipinski definition) is 0. The van der Waals surface area contributed by atoms with Crippen LogP contribution in [0.1, 0.15) is 63.9 Å². The third-order valence-corrected chi connectivity index (χ3v) is 5.32. The van der Waals surface area contributed by atoms with E-state index in [1.54, 1.807) is 0 Å². The van der Waals surface area contributed by atoms with Crippen molar-refractivity contribution in [3.05, 3.63) is 35.9 Å². The molecule has 0 radical (unpaired) electrons. The van der Waals surface area contributed by atoms with Crippen molar-refractivity contribution in [3.8, 4) is 11.5 Å². The zero-order chi connectivity index (χ0) is 18.6. The van der Waals surface area contributed by atoms with Gasteiger partial charge in [-0.15, -0.1) is 0 Å². The summed E-state index contributed by atoms with van der Waals surface area (Å²) in [6.45, 7) is 5.98. The Morgan fingerprint density at radius 1 is 0.808 bits per heavy atom. The van der Waals surface area contributed by atoms with E-state index in [4.69, 9.17) is 9.47 Å². The van der Waals surface area contributed by atoms with Crippen LogP contribution in [-0.4, -0.2) is 18.5 Å². The highest BCUT2D eigenvalue weighted by molar-refractivity contribution is 9.09. The molecule has 0 bridgehead atoms. The summed E-state index contributed by atoms with van der Waals surface area (Å²) in [5.74, 6) is 1.97. The summed E-state index contributed by atoms with van der Waals surface area (Å²) in [7, 11) is 0. The van der Waals surface area contributed by atoms with Crippen LogP contribution in [0, 0.1) is 6.92 Å². The Morgan fingerprint density at radius 2 is 1.54 bits per heavy atom. The zero-order valence-corrected chi connectivity index (χ0v) is 17.9. The first-order valence-corrected chi connectivity index (χ1v) is 11.2. The predicted molar refractivity (Wildman–Crippen MR) is 116 cm³/mol. The van der Waals surface area contributed by atoms with Gasteiger partial charge in [-0.3, -0.25) is 0 Å². The average molecular weight is 421 g/mol. The van der Waals surface area contributed by atoms with Crippen LogP contribution in [0.2, 0.25) is 0 Å². The average Bonchev–Trinajstić information content (AvgIpc) is 2.66. The van der Waals surface area contributed by atoms with Crippen LogP contribution in [0.15, 0.2) is 30.3 Å². The van der Waals surface area contributed by atoms with Gasteiger partial charge in [0.15, 0.2) is 0 Å². The number of benzene rings is 2. The maximum absolute atomic E-state index is 6.01. The number of fused-ring (bicyclic) bond motifs is 1. The summed E-state index contributed by atoms with van der Waals surface area (Å²) < 4.78 is 11.9. The van der Waals surface area contributed by atoms with E-state index in [9.17, 15) is 0 Å². The largest absolute Gasteiger partial charge is 0.494 e. The summed E-state index contributed by atoms with van der Waals surface area (Å²) in [5, 5.41) is 3.57. The molecule has 2 aromatic rings. The van der Waals surface area contributed by atoms with E-state index in [1.807, 2.05) is 0 Å². The maximum Gasteiger partial charge on any atom is 0.122 e. The molecule has 2 nitrogen and oxygen atoms in total. The molecule has 0 saturated heterocycles. The summed E-state index contributed by atoms with van der Waals surface area (Å²) in [6, 6.07) is 10.6. The Hall–Kier alpha value is -1.22. The minimum atomic E-state index is 0.799. The van der Waals surface area contributed by atoms with Gasteiger partial charge in [-0.1, -0.05) is 67.1 Å². The van der Waals surface area contributed by atoms with E-state index in [0.29, 0.717) is 0 Å². The quantitative estimate of drug-likeness (QED) is 0.247. The summed E-state index contributed by atoms with van der Waals surface area (Å²) in [5.41, 5.74) is 1.22. The van der Waals surface area contributed by atoms with Crippen molar-refractivity contribution in [2.75, 3.05) is 18.5 Å². The number of rotatable bonds is 13. The molecule has 0 heterocycles. The molecule has 0 spiro atoms. The van der Waals surface area contributed by atoms with Crippen LogP contribution < -0.4 is 9.47 Å². The van der Waals surface area contributed by atoms with Crippen molar-refractivity contribution < 1.29 is 9.47 Å². The van der Waals surface area contributed by atoms with Gasteiger partial charge in [-0.05, 0) is 60.7 Å². The first-order chi connectivity index (χ1) is 12.8. The minimum absolute atomic E-state index is 0.799. The molecule has 2 rings (SSSR count). The lowest BCUT2D eigenvalue weighted by molar-refractivity contribution is 0.303. The molecule has 0 saturated carbocycles. The zero-order valence-electron chi connectivity index (χ0n) is 16.4. The molecule has 0 aliphatic heterocycles. The molecule has 3 heteroatoms. The van der Waals surface area contributed by atoms with E-state index >= 15 is 0 Å². The molecule has 26 heavy (non-hydrogen) atoms. The van der Waals surface area contributed by atoms with E-state index in [0.717, 1.165) is 42.9 Å². The van der Waals surface area contributed by atoms with Gasteiger partial charge in [-0.25, -0.2) is 0 Å². The lowest BCUT2D eigenvalue weighted by Gasteiger charge is -2.13. The summed E-state index contributed by atoms with van der Waals surface area (Å²) >= 11 is 3.48. The van der Waals surface area contributed by atoms with Gasteiger partial charge < -0.3 is 9.47 Å². The van der Waals surface area contributed by atoms with E-state index in [-0.39, 0.29) is 0 Å². The Labute approximate surface area is 167 Å². The minimum Gasteiger partial charge on any atom is -0.494 e. The number of alkyl halides is 1. The molecule has 0 fully saturated rings. The van der Waals surface area contributed by atoms with Crippen molar-refractivity contribution in [3.63, 3.8) is 0 Å². The van der Waals surface area contributed by atoms with Crippen molar-refractivity contribution in [2.45, 2.75) is 65.2 Å². The molecular weight excluding hydrogens is 388 g/mol. The third-order valence-electron chi connectivity index (χ3n) is 4.76. The molecule has 0 amide bonds. The Balaban J connectivity index is 1.88. The van der Waals surface area contributed by atoms with Crippen molar-refractivity contribution in [1.29, 1.82) is 0 Å². The number of hydrogen-bond acceptors (Lipinski definition) is 2. The van der Waals surface area contributed by atoms with E-state index < -0.39 is 0 Å². The van der Waals surface area contributed by atoms with Crippen LogP contribution in [-0.2, 0) is 0 Å². The van der Waals surface area contributed by atoms with Gasteiger partial charge >= 0.3 is 0 Å². The fourth-order valence-electron chi connectivity index (χ4n) is 3.14. The molecule has 0 aliphatic rings. The monoisotopic (exact) mass is 420 g/mol. The van der Waals surface area contributed by atoms with Crippen molar-refractivity contribution >= 4 is 26.7 Å². The predicted octanol–water partition coefficient (Wildman–Crippen LogP) is 7.44. The fraction of sp³-hybridized carbons (Fsp3) is 0.565. The van der Waals surface area contributed by atoms with Crippen LogP contribution in [0.4, 0.5) is 0 Å². The van der Waals surface area contributed by atoms with Gasteiger partial charge in [0.2, 0.25) is 0 Å². The molecule has 0 atom stereocenters. The van der Waals surface area contributed by atoms with Crippen LogP contribution in [0.3, 0.4) is 0 Å². The van der Waals surface area contributed by atoms with Gasteiger partial charge in [0.1, 0.15) is 11.5 Å². The summed E-state index contributed by atoms with van der Waals surface area (Å²) in [6.07, 6.45) is 9.81. The number of unbranched alkanes of at least 4 members (excludes halogenated alkanes) is 6. The fourth-order valence-corrected chi connectivity index (χ4v) is 3.54. The molecule has 0 aliphatic carbocycles. The van der Waals surface area contributed by atoms with Crippen LogP contribution in [0.25, 0.3) is 10.8 Å². The SMILES string of the molecule is CCCCCCOc1ccc2c(C)c(OCCCCCCBr)ccc2c1. The number of ether oxygens (including phenoxy) is 2. The lowest BCUT2D eigenvalue weighted by atomic mass is 10.0. The number of halogens is 1. The van der Waals surface area contributed by atoms with Gasteiger partial charge in [-0.2, -0.15) is 0 Å². The topological polar surface area (TPSA) is 18.5 Å². The highest BCUT2D eigenvalue weighted by Gasteiger charge is 2.06. The smallest absolute Gasteiger partial charge is 0.122 e. The lowest BCUT2D eigenvalue weighted by Crippen LogP contribution is -2.00. The molecular formula is C23H33BrO2. The second kappa shape index (κ2) is 12.2. The van der Waals surface area contributed by atoms with Gasteiger partial charge in [0.05, 0.1) is 13.2 Å². The second-order valence-electron chi connectivity index (χ2n) is 6.93. The Bertz CT molecular complexity index is 654. The molecule has 0 N–H and O–H groups in total. The third kappa shape index (κ3) is 6.83. The molecule has 0 unspecified atom stereocenters. The van der Waals surface area contributed by atoms with Crippen LogP contribution >= 0.6 is 15.9 Å².